The third-order valence-electron chi connectivity index (χ3n) is 5.14. The van der Waals surface area contributed by atoms with Crippen molar-refractivity contribution >= 4 is 17.0 Å². The van der Waals surface area contributed by atoms with Gasteiger partial charge >= 0.3 is 0 Å². The van der Waals surface area contributed by atoms with E-state index in [1.165, 1.54) is 17.2 Å². The molecule has 2 aromatic rings. The molecule has 2 fully saturated rings. The van der Waals surface area contributed by atoms with E-state index in [0.717, 1.165) is 12.8 Å². The fourth-order valence-corrected chi connectivity index (χ4v) is 3.60. The van der Waals surface area contributed by atoms with Crippen molar-refractivity contribution in [1.82, 2.24) is 19.5 Å². The Morgan fingerprint density at radius 2 is 1.88 bits per heavy atom. The third kappa shape index (κ3) is 3.14. The maximum Gasteiger partial charge on any atom is 0.167 e. The molecule has 5 N–H and O–H groups in total. The van der Waals surface area contributed by atoms with Crippen LogP contribution < -0.4 is 5.73 Å². The first-order valence-corrected chi connectivity index (χ1v) is 8.79. The lowest BCUT2D eigenvalue weighted by Gasteiger charge is -2.27. The molecule has 0 amide bonds. The molecule has 26 heavy (non-hydrogen) atoms. The summed E-state index contributed by atoms with van der Waals surface area (Å²) in [6, 6.07) is 0. The summed E-state index contributed by atoms with van der Waals surface area (Å²) in [5.41, 5.74) is 6.62. The molecule has 1 aliphatic heterocycles. The number of anilines is 1. The molecule has 4 atom stereocenters. The number of aromatic nitrogens is 4. The minimum absolute atomic E-state index is 0.0343. The number of nitrogens with two attached hydrogens (primary N) is 1. The lowest BCUT2D eigenvalue weighted by molar-refractivity contribution is -0.0909. The molecule has 142 valence electrons. The highest BCUT2D eigenvalue weighted by molar-refractivity contribution is 5.81. The predicted octanol–water partition coefficient (Wildman–Crippen LogP) is -0.652. The van der Waals surface area contributed by atoms with Crippen LogP contribution in [0.2, 0.25) is 0 Å². The van der Waals surface area contributed by atoms with Gasteiger partial charge in [0.05, 0.1) is 25.1 Å². The molecule has 4 rings (SSSR count). The molecule has 2 aliphatic rings. The number of aliphatic hydroxyl groups excluding tert-OH is 3. The van der Waals surface area contributed by atoms with Gasteiger partial charge in [-0.25, -0.2) is 15.0 Å². The minimum Gasteiger partial charge on any atom is -0.393 e. The van der Waals surface area contributed by atoms with Gasteiger partial charge in [-0.15, -0.1) is 0 Å². The Balaban J connectivity index is 1.45. The number of fused-ring (bicyclic) bond motifs is 1. The summed E-state index contributed by atoms with van der Waals surface area (Å²) in [6.07, 6.45) is 1.79. The van der Waals surface area contributed by atoms with Gasteiger partial charge in [-0.2, -0.15) is 0 Å². The van der Waals surface area contributed by atoms with Gasteiger partial charge in [-0.05, 0) is 25.7 Å². The van der Waals surface area contributed by atoms with E-state index in [1.807, 2.05) is 0 Å². The van der Waals surface area contributed by atoms with Gasteiger partial charge in [0.1, 0.15) is 30.2 Å². The molecule has 2 aromatic heterocycles. The molecular weight excluding hydrogens is 342 g/mol. The highest BCUT2D eigenvalue weighted by Gasteiger charge is 2.44. The van der Waals surface area contributed by atoms with E-state index in [2.05, 4.69) is 15.0 Å². The Kier molecular flexibility index (Phi) is 4.76. The second-order valence-corrected chi connectivity index (χ2v) is 6.89. The molecule has 10 nitrogen and oxygen atoms in total. The maximum atomic E-state index is 10.4. The molecule has 10 heteroatoms. The number of hydrogen-bond donors (Lipinski definition) is 4. The van der Waals surface area contributed by atoms with Crippen LogP contribution in [0.15, 0.2) is 12.7 Å². The average Bonchev–Trinajstić information content (AvgIpc) is 3.18. The molecule has 0 unspecified atom stereocenters. The van der Waals surface area contributed by atoms with E-state index in [1.54, 1.807) is 0 Å². The minimum atomic E-state index is -1.15. The molecule has 1 saturated heterocycles. The molecule has 3 heterocycles. The van der Waals surface area contributed by atoms with Crippen LogP contribution in [0.3, 0.4) is 0 Å². The van der Waals surface area contributed by atoms with Crippen LogP contribution in [0.4, 0.5) is 5.82 Å². The summed E-state index contributed by atoms with van der Waals surface area (Å²) < 4.78 is 13.2. The van der Waals surface area contributed by atoms with E-state index >= 15 is 0 Å². The highest BCUT2D eigenvalue weighted by Crippen LogP contribution is 2.32. The summed E-state index contributed by atoms with van der Waals surface area (Å²) in [5.74, 6) is 0.237. The van der Waals surface area contributed by atoms with Crippen LogP contribution in [0, 0.1) is 0 Å². The zero-order valence-corrected chi connectivity index (χ0v) is 14.2. The van der Waals surface area contributed by atoms with Crippen LogP contribution in [-0.2, 0) is 9.47 Å². The van der Waals surface area contributed by atoms with Gasteiger partial charge in [0.2, 0.25) is 0 Å². The molecule has 1 saturated carbocycles. The van der Waals surface area contributed by atoms with Gasteiger partial charge in [-0.3, -0.25) is 4.57 Å². The first kappa shape index (κ1) is 17.6. The highest BCUT2D eigenvalue weighted by atomic mass is 16.6. The summed E-state index contributed by atoms with van der Waals surface area (Å²) in [7, 11) is 0. The van der Waals surface area contributed by atoms with Crippen molar-refractivity contribution in [2.24, 2.45) is 0 Å². The lowest BCUT2D eigenvalue weighted by atomic mass is 9.95. The van der Waals surface area contributed by atoms with Gasteiger partial charge in [-0.1, -0.05) is 0 Å². The van der Waals surface area contributed by atoms with E-state index in [-0.39, 0.29) is 24.6 Å². The van der Waals surface area contributed by atoms with E-state index < -0.39 is 24.5 Å². The van der Waals surface area contributed by atoms with Crippen molar-refractivity contribution in [3.05, 3.63) is 12.7 Å². The smallest absolute Gasteiger partial charge is 0.167 e. The van der Waals surface area contributed by atoms with Crippen LogP contribution in [0.25, 0.3) is 11.2 Å². The van der Waals surface area contributed by atoms with Crippen molar-refractivity contribution in [1.29, 1.82) is 0 Å². The number of hydrogen-bond acceptors (Lipinski definition) is 9. The first-order chi connectivity index (χ1) is 12.5. The van der Waals surface area contributed by atoms with Gasteiger partial charge in [0.15, 0.2) is 17.7 Å². The molecule has 1 aliphatic carbocycles. The number of aliphatic hydroxyl groups is 3. The Labute approximate surface area is 149 Å². The number of ether oxygens (including phenoxy) is 2. The van der Waals surface area contributed by atoms with E-state index in [9.17, 15) is 15.3 Å². The maximum absolute atomic E-state index is 10.4. The Bertz CT molecular complexity index is 763. The topological polar surface area (TPSA) is 149 Å². The monoisotopic (exact) mass is 365 g/mol. The average molecular weight is 365 g/mol. The summed E-state index contributed by atoms with van der Waals surface area (Å²) in [5, 5.41) is 30.3. The Morgan fingerprint density at radius 1 is 1.12 bits per heavy atom. The Hall–Kier alpha value is -1.85. The fourth-order valence-electron chi connectivity index (χ4n) is 3.60. The van der Waals surface area contributed by atoms with Crippen LogP contribution in [0.1, 0.15) is 31.9 Å². The summed E-state index contributed by atoms with van der Waals surface area (Å²) >= 11 is 0. The van der Waals surface area contributed by atoms with Gasteiger partial charge in [0, 0.05) is 0 Å². The largest absolute Gasteiger partial charge is 0.393 e. The lowest BCUT2D eigenvalue weighted by Crippen LogP contribution is -2.35. The van der Waals surface area contributed by atoms with Gasteiger partial charge < -0.3 is 30.5 Å². The van der Waals surface area contributed by atoms with Crippen molar-refractivity contribution in [2.45, 2.75) is 62.4 Å². The van der Waals surface area contributed by atoms with Crippen molar-refractivity contribution < 1.29 is 24.8 Å². The Morgan fingerprint density at radius 3 is 2.65 bits per heavy atom. The normalized spacial score (nSPS) is 35.2. The summed E-state index contributed by atoms with van der Waals surface area (Å²) in [6.45, 7) is 0.166. The molecule has 0 aromatic carbocycles. The van der Waals surface area contributed by atoms with E-state index in [4.69, 9.17) is 15.2 Å². The number of nitrogens with zero attached hydrogens (tertiary/aromatic N) is 4. The molecule has 0 bridgehead atoms. The molecular formula is C16H23N5O5. The number of nitrogen functional groups attached to an aromatic ring is 1. The predicted molar refractivity (Wildman–Crippen MR) is 89.9 cm³/mol. The second-order valence-electron chi connectivity index (χ2n) is 6.89. The second kappa shape index (κ2) is 7.05. The summed E-state index contributed by atoms with van der Waals surface area (Å²) in [4.78, 5) is 12.2. The fraction of sp³-hybridized carbons (Fsp3) is 0.688. The SMILES string of the molecule is Nc1ncnc2c1ncn2[C@@H]1O[C@H](CO[C@H]2CC[C@H](O)CC2)[C@@H](O)[C@H]1O. The van der Waals surface area contributed by atoms with Crippen LogP contribution >= 0.6 is 0 Å². The van der Waals surface area contributed by atoms with Crippen LogP contribution in [-0.4, -0.2) is 72.0 Å². The number of imidazole rings is 1. The zero-order valence-electron chi connectivity index (χ0n) is 14.2. The quantitative estimate of drug-likeness (QED) is 0.554. The number of rotatable bonds is 4. The van der Waals surface area contributed by atoms with Crippen molar-refractivity contribution in [3.63, 3.8) is 0 Å². The van der Waals surface area contributed by atoms with Gasteiger partial charge in [0.25, 0.3) is 0 Å². The zero-order chi connectivity index (χ0) is 18.3. The van der Waals surface area contributed by atoms with Crippen molar-refractivity contribution in [3.8, 4) is 0 Å². The van der Waals surface area contributed by atoms with Crippen LogP contribution in [0.5, 0.6) is 0 Å². The van der Waals surface area contributed by atoms with E-state index in [0.29, 0.717) is 24.0 Å². The third-order valence-corrected chi connectivity index (χ3v) is 5.14. The molecule has 0 radical (unpaired) electrons. The standard InChI is InChI=1S/C16H23N5O5/c17-14-11-15(19-6-18-14)21(7-20-11)16-13(24)12(23)10(26-16)5-25-9-3-1-8(22)2-4-9/h6-10,12-13,16,22-24H,1-5H2,(H2,17,18,19)/t8-,9-,10-,12-,13-,16-/m1/s1. The van der Waals surface area contributed by atoms with Crippen molar-refractivity contribution in [2.75, 3.05) is 12.3 Å². The molecule has 0 spiro atoms. The first-order valence-electron chi connectivity index (χ1n) is 8.79.